The molecule has 1 aromatic carbocycles. The van der Waals surface area contributed by atoms with Crippen molar-refractivity contribution < 1.29 is 5.11 Å². The number of phenols is 1. The molecule has 0 bridgehead atoms. The van der Waals surface area contributed by atoms with Crippen LogP contribution in [0.25, 0.3) is 0 Å². The Kier molecular flexibility index (Phi) is 3.34. The van der Waals surface area contributed by atoms with Gasteiger partial charge in [0.2, 0.25) is 0 Å². The monoisotopic (exact) mass is 221 g/mol. The van der Waals surface area contributed by atoms with Crippen molar-refractivity contribution >= 4 is 19.5 Å². The Morgan fingerprint density at radius 2 is 1.87 bits per heavy atom. The van der Waals surface area contributed by atoms with Gasteiger partial charge in [-0.1, -0.05) is 31.8 Å². The molecule has 0 saturated carbocycles. The average molecular weight is 221 g/mol. The summed E-state index contributed by atoms with van der Waals surface area (Å²) in [7, 11) is 0.249. The number of rotatable bonds is 2. The fourth-order valence-corrected chi connectivity index (χ4v) is 3.03. The SMILES string of the molecule is CN=Cc1c(C)ccc([Si](C)(C)C)c1O. The average Bonchev–Trinajstić information content (AvgIpc) is 2.09. The zero-order chi connectivity index (χ0) is 11.6. The molecular weight excluding hydrogens is 202 g/mol. The molecule has 0 spiro atoms. The molecule has 82 valence electrons. The van der Waals surface area contributed by atoms with Gasteiger partial charge in [0.1, 0.15) is 5.75 Å². The lowest BCUT2D eigenvalue weighted by atomic mass is 10.1. The maximum Gasteiger partial charge on any atom is 0.123 e. The number of benzene rings is 1. The predicted molar refractivity (Wildman–Crippen MR) is 69.3 cm³/mol. The summed E-state index contributed by atoms with van der Waals surface area (Å²) in [6.45, 7) is 8.67. The highest BCUT2D eigenvalue weighted by Gasteiger charge is 2.22. The number of phenolic OH excluding ortho intramolecular Hbond substituents is 1. The van der Waals surface area contributed by atoms with E-state index in [-0.39, 0.29) is 0 Å². The van der Waals surface area contributed by atoms with Gasteiger partial charge in [-0.15, -0.1) is 0 Å². The molecule has 0 aromatic heterocycles. The Hall–Kier alpha value is -1.09. The van der Waals surface area contributed by atoms with E-state index in [2.05, 4.69) is 30.7 Å². The molecule has 2 nitrogen and oxygen atoms in total. The first-order valence-corrected chi connectivity index (χ1v) is 8.63. The summed E-state index contributed by atoms with van der Waals surface area (Å²) < 4.78 is 0. The lowest BCUT2D eigenvalue weighted by Crippen LogP contribution is -2.38. The fourth-order valence-electron chi connectivity index (χ4n) is 1.61. The van der Waals surface area contributed by atoms with E-state index in [0.717, 1.165) is 16.3 Å². The minimum atomic E-state index is -1.47. The molecule has 1 rings (SSSR count). The number of aryl methyl sites for hydroxylation is 1. The normalized spacial score (nSPS) is 12.3. The van der Waals surface area contributed by atoms with Crippen LogP contribution in [0.5, 0.6) is 5.75 Å². The molecule has 0 radical (unpaired) electrons. The van der Waals surface area contributed by atoms with Crippen LogP contribution in [0.1, 0.15) is 11.1 Å². The minimum Gasteiger partial charge on any atom is -0.507 e. The molecule has 0 saturated heterocycles. The smallest absolute Gasteiger partial charge is 0.123 e. The van der Waals surface area contributed by atoms with Crippen LogP contribution in [-0.4, -0.2) is 26.4 Å². The van der Waals surface area contributed by atoms with Crippen LogP contribution in [-0.2, 0) is 0 Å². The first kappa shape index (κ1) is 12.0. The molecule has 0 atom stereocenters. The number of nitrogens with zero attached hydrogens (tertiary/aromatic N) is 1. The summed E-state index contributed by atoms with van der Waals surface area (Å²) >= 11 is 0. The van der Waals surface area contributed by atoms with Gasteiger partial charge >= 0.3 is 0 Å². The minimum absolute atomic E-state index is 0.416. The molecular formula is C12H19NOSi. The quantitative estimate of drug-likeness (QED) is 0.603. The van der Waals surface area contributed by atoms with Crippen LogP contribution in [0.3, 0.4) is 0 Å². The lowest BCUT2D eigenvalue weighted by Gasteiger charge is -2.20. The number of hydrogen-bond donors (Lipinski definition) is 1. The van der Waals surface area contributed by atoms with Crippen molar-refractivity contribution in [3.63, 3.8) is 0 Å². The van der Waals surface area contributed by atoms with Gasteiger partial charge in [0.05, 0.1) is 8.07 Å². The van der Waals surface area contributed by atoms with Crippen LogP contribution < -0.4 is 5.19 Å². The number of aromatic hydroxyl groups is 1. The van der Waals surface area contributed by atoms with Gasteiger partial charge in [0.15, 0.2) is 0 Å². The van der Waals surface area contributed by atoms with E-state index in [1.165, 1.54) is 0 Å². The van der Waals surface area contributed by atoms with Crippen molar-refractivity contribution in [1.82, 2.24) is 0 Å². The zero-order valence-electron chi connectivity index (χ0n) is 10.1. The van der Waals surface area contributed by atoms with Gasteiger partial charge in [-0.2, -0.15) is 0 Å². The van der Waals surface area contributed by atoms with Crippen molar-refractivity contribution in [3.05, 3.63) is 23.3 Å². The van der Waals surface area contributed by atoms with Crippen LogP contribution in [0.4, 0.5) is 0 Å². The maximum atomic E-state index is 10.2. The lowest BCUT2D eigenvalue weighted by molar-refractivity contribution is 0.478. The molecule has 0 aliphatic heterocycles. The van der Waals surface area contributed by atoms with Crippen molar-refractivity contribution in [2.24, 2.45) is 4.99 Å². The Morgan fingerprint density at radius 1 is 1.27 bits per heavy atom. The van der Waals surface area contributed by atoms with Crippen molar-refractivity contribution in [2.45, 2.75) is 26.6 Å². The summed E-state index contributed by atoms with van der Waals surface area (Å²) in [4.78, 5) is 3.98. The molecule has 0 aliphatic carbocycles. The molecule has 1 aromatic rings. The second-order valence-electron chi connectivity index (χ2n) is 4.83. The molecule has 0 heterocycles. The molecule has 0 amide bonds. The van der Waals surface area contributed by atoms with E-state index in [1.807, 2.05) is 13.0 Å². The molecule has 3 heteroatoms. The first-order valence-electron chi connectivity index (χ1n) is 5.13. The molecule has 0 unspecified atom stereocenters. The fraction of sp³-hybridized carbons (Fsp3) is 0.417. The third-order valence-corrected chi connectivity index (χ3v) is 4.52. The Bertz CT molecular complexity index is 391. The van der Waals surface area contributed by atoms with Gasteiger partial charge in [0.25, 0.3) is 0 Å². The summed E-state index contributed by atoms with van der Waals surface area (Å²) in [6.07, 6.45) is 1.73. The second kappa shape index (κ2) is 4.19. The number of aliphatic imine (C=N–C) groups is 1. The molecule has 0 fully saturated rings. The third kappa shape index (κ3) is 2.48. The molecule has 15 heavy (non-hydrogen) atoms. The van der Waals surface area contributed by atoms with E-state index < -0.39 is 8.07 Å². The predicted octanol–water partition coefficient (Wildman–Crippen LogP) is 2.29. The third-order valence-electron chi connectivity index (χ3n) is 2.50. The highest BCUT2D eigenvalue weighted by Crippen LogP contribution is 2.20. The van der Waals surface area contributed by atoms with Crippen LogP contribution in [0.15, 0.2) is 17.1 Å². The molecule has 0 aliphatic rings. The maximum absolute atomic E-state index is 10.2. The topological polar surface area (TPSA) is 32.6 Å². The van der Waals surface area contributed by atoms with E-state index in [0.29, 0.717) is 5.75 Å². The van der Waals surface area contributed by atoms with E-state index >= 15 is 0 Å². The van der Waals surface area contributed by atoms with Gasteiger partial charge < -0.3 is 5.11 Å². The largest absolute Gasteiger partial charge is 0.507 e. The number of hydrogen-bond acceptors (Lipinski definition) is 2. The van der Waals surface area contributed by atoms with E-state index in [1.54, 1.807) is 13.3 Å². The Morgan fingerprint density at radius 3 is 2.33 bits per heavy atom. The second-order valence-corrected chi connectivity index (χ2v) is 9.87. The summed E-state index contributed by atoms with van der Waals surface area (Å²) in [5.41, 5.74) is 1.93. The standard InChI is InChI=1S/C12H19NOSi/c1-9-6-7-11(15(3,4)5)12(14)10(9)8-13-2/h6-8,14H,1-5H3. The first-order chi connectivity index (χ1) is 6.88. The zero-order valence-corrected chi connectivity index (χ0v) is 11.1. The summed E-state index contributed by atoms with van der Waals surface area (Å²) in [6, 6.07) is 4.11. The highest BCUT2D eigenvalue weighted by atomic mass is 28.3. The molecule has 1 N–H and O–H groups in total. The van der Waals surface area contributed by atoms with Crippen molar-refractivity contribution in [3.8, 4) is 5.75 Å². The van der Waals surface area contributed by atoms with Gasteiger partial charge in [-0.25, -0.2) is 0 Å². The van der Waals surface area contributed by atoms with Crippen molar-refractivity contribution in [2.75, 3.05) is 7.05 Å². The highest BCUT2D eigenvalue weighted by molar-refractivity contribution is 6.89. The van der Waals surface area contributed by atoms with Crippen LogP contribution in [0, 0.1) is 6.92 Å². The Balaban J connectivity index is 3.41. The van der Waals surface area contributed by atoms with Gasteiger partial charge in [0, 0.05) is 18.8 Å². The van der Waals surface area contributed by atoms with E-state index in [4.69, 9.17) is 0 Å². The van der Waals surface area contributed by atoms with Crippen LogP contribution in [0.2, 0.25) is 19.6 Å². The summed E-state index contributed by atoms with van der Waals surface area (Å²) in [5.74, 6) is 0.416. The van der Waals surface area contributed by atoms with Crippen LogP contribution >= 0.6 is 0 Å². The van der Waals surface area contributed by atoms with Crippen molar-refractivity contribution in [1.29, 1.82) is 0 Å². The van der Waals surface area contributed by atoms with Gasteiger partial charge in [-0.3, -0.25) is 4.99 Å². The Labute approximate surface area is 92.7 Å². The van der Waals surface area contributed by atoms with E-state index in [9.17, 15) is 5.11 Å². The summed E-state index contributed by atoms with van der Waals surface area (Å²) in [5, 5.41) is 11.3. The van der Waals surface area contributed by atoms with Gasteiger partial charge in [-0.05, 0) is 17.7 Å².